The summed E-state index contributed by atoms with van der Waals surface area (Å²) in [4.78, 5) is 33.7. The second-order valence-electron chi connectivity index (χ2n) is 9.67. The van der Waals surface area contributed by atoms with Crippen LogP contribution < -0.4 is 26.7 Å². The molecule has 1 aromatic carbocycles. The van der Waals surface area contributed by atoms with Crippen molar-refractivity contribution in [1.82, 2.24) is 20.2 Å². The number of amides is 1. The SMILES string of the molecule is COC1CN(CCCNc2nccc(=O)[nH]2)CCC1NC(=O)c1cc(Cl)c(N)c2c1OC(C)(C)C2. The number of aromatic nitrogens is 2. The van der Waals surface area contributed by atoms with Crippen LogP contribution in [0.25, 0.3) is 0 Å². The molecule has 1 saturated heterocycles. The number of H-pyrrole nitrogens is 1. The third-order valence-corrected chi connectivity index (χ3v) is 6.79. The molecule has 1 aromatic heterocycles. The van der Waals surface area contributed by atoms with Crippen molar-refractivity contribution >= 4 is 29.1 Å². The number of carbonyl (C=O) groups is 1. The first-order chi connectivity index (χ1) is 16.7. The van der Waals surface area contributed by atoms with Crippen LogP contribution in [0.5, 0.6) is 5.75 Å². The number of ether oxygens (including phenoxy) is 2. The number of hydrogen-bond acceptors (Lipinski definition) is 8. The van der Waals surface area contributed by atoms with Gasteiger partial charge in [-0.1, -0.05) is 11.6 Å². The van der Waals surface area contributed by atoms with Crippen LogP contribution in [0.3, 0.4) is 0 Å². The standard InChI is InChI=1S/C24H33ClN6O4/c1-24(2)12-15-20(26)16(25)11-14(21(15)35-24)22(33)29-17-6-10-31(13-18(17)34-3)9-4-7-27-23-28-8-5-19(32)30-23/h5,8,11,17-18H,4,6-7,9-10,12-13,26H2,1-3H3,(H,29,33)(H2,27,28,30,32). The first kappa shape index (κ1) is 25.3. The number of halogens is 1. The lowest BCUT2D eigenvalue weighted by Crippen LogP contribution is -2.55. The number of piperidine rings is 1. The molecule has 4 rings (SSSR count). The number of aromatic amines is 1. The second kappa shape index (κ2) is 10.4. The van der Waals surface area contributed by atoms with Crippen molar-refractivity contribution in [2.24, 2.45) is 0 Å². The molecule has 0 radical (unpaired) electrons. The molecule has 11 heteroatoms. The van der Waals surface area contributed by atoms with Crippen molar-refractivity contribution in [2.75, 3.05) is 44.3 Å². The summed E-state index contributed by atoms with van der Waals surface area (Å²) in [7, 11) is 1.66. The van der Waals surface area contributed by atoms with Gasteiger partial charge in [0.15, 0.2) is 0 Å². The van der Waals surface area contributed by atoms with Gasteiger partial charge in [0.2, 0.25) is 5.95 Å². The normalized spacial score (nSPS) is 21.3. The highest BCUT2D eigenvalue weighted by Crippen LogP contribution is 2.44. The van der Waals surface area contributed by atoms with E-state index in [4.69, 9.17) is 26.8 Å². The van der Waals surface area contributed by atoms with E-state index >= 15 is 0 Å². The average molecular weight is 505 g/mol. The Labute approximate surface area is 209 Å². The van der Waals surface area contributed by atoms with Gasteiger partial charge in [0, 0.05) is 51.0 Å². The van der Waals surface area contributed by atoms with Crippen LogP contribution in [0.15, 0.2) is 23.1 Å². The fraction of sp³-hybridized carbons (Fsp3) is 0.542. The van der Waals surface area contributed by atoms with E-state index in [0.29, 0.717) is 47.5 Å². The Morgan fingerprint density at radius 2 is 2.26 bits per heavy atom. The molecule has 35 heavy (non-hydrogen) atoms. The number of benzene rings is 1. The van der Waals surface area contributed by atoms with Crippen molar-refractivity contribution in [2.45, 2.75) is 50.9 Å². The monoisotopic (exact) mass is 504 g/mol. The Bertz CT molecular complexity index is 1140. The summed E-state index contributed by atoms with van der Waals surface area (Å²) >= 11 is 6.34. The van der Waals surface area contributed by atoms with Gasteiger partial charge in [-0.3, -0.25) is 14.6 Å². The summed E-state index contributed by atoms with van der Waals surface area (Å²) < 4.78 is 11.8. The zero-order valence-corrected chi connectivity index (χ0v) is 21.1. The summed E-state index contributed by atoms with van der Waals surface area (Å²) in [6.45, 7) is 6.99. The number of nitrogens with zero attached hydrogens (tertiary/aromatic N) is 2. The van der Waals surface area contributed by atoms with E-state index in [9.17, 15) is 9.59 Å². The first-order valence-electron chi connectivity index (χ1n) is 11.8. The highest BCUT2D eigenvalue weighted by Gasteiger charge is 2.37. The maximum atomic E-state index is 13.3. The van der Waals surface area contributed by atoms with Crippen molar-refractivity contribution in [3.05, 3.63) is 44.8 Å². The van der Waals surface area contributed by atoms with Crippen LogP contribution in [0.4, 0.5) is 11.6 Å². The minimum absolute atomic E-state index is 0.137. The fourth-order valence-electron chi connectivity index (χ4n) is 4.70. The van der Waals surface area contributed by atoms with E-state index in [1.165, 1.54) is 12.3 Å². The minimum atomic E-state index is -0.447. The molecule has 10 nitrogen and oxygen atoms in total. The molecule has 2 aliphatic rings. The number of likely N-dealkylation sites (tertiary alicyclic amines) is 1. The lowest BCUT2D eigenvalue weighted by atomic mass is 9.97. The minimum Gasteiger partial charge on any atom is -0.486 e. The molecule has 1 amide bonds. The topological polar surface area (TPSA) is 135 Å². The number of methoxy groups -OCH3 is 1. The molecule has 190 valence electrons. The molecular formula is C24H33ClN6O4. The molecule has 0 saturated carbocycles. The fourth-order valence-corrected chi connectivity index (χ4v) is 4.92. The molecule has 2 aliphatic heterocycles. The maximum Gasteiger partial charge on any atom is 0.255 e. The Morgan fingerprint density at radius 1 is 1.46 bits per heavy atom. The van der Waals surface area contributed by atoms with E-state index in [-0.39, 0.29) is 23.6 Å². The van der Waals surface area contributed by atoms with Crippen LogP contribution >= 0.6 is 11.6 Å². The first-order valence-corrected chi connectivity index (χ1v) is 12.2. The zero-order valence-electron chi connectivity index (χ0n) is 20.3. The predicted octanol–water partition coefficient (Wildman–Crippen LogP) is 2.04. The van der Waals surface area contributed by atoms with E-state index in [1.807, 2.05) is 13.8 Å². The number of anilines is 2. The smallest absolute Gasteiger partial charge is 0.255 e. The van der Waals surface area contributed by atoms with Gasteiger partial charge >= 0.3 is 0 Å². The number of nitrogens with one attached hydrogen (secondary N) is 3. The second-order valence-corrected chi connectivity index (χ2v) is 10.1. The van der Waals surface area contributed by atoms with E-state index in [0.717, 1.165) is 31.5 Å². The number of nitrogen functional groups attached to an aromatic ring is 1. The van der Waals surface area contributed by atoms with Crippen molar-refractivity contribution in [1.29, 1.82) is 0 Å². The van der Waals surface area contributed by atoms with Crippen LogP contribution in [0.1, 0.15) is 42.6 Å². The summed E-state index contributed by atoms with van der Waals surface area (Å²) in [5, 5.41) is 6.61. The van der Waals surface area contributed by atoms with Gasteiger partial charge in [-0.2, -0.15) is 0 Å². The number of nitrogens with two attached hydrogens (primary N) is 1. The molecule has 5 N–H and O–H groups in total. The van der Waals surface area contributed by atoms with Gasteiger partial charge in [0.25, 0.3) is 11.5 Å². The van der Waals surface area contributed by atoms with Gasteiger partial charge < -0.3 is 30.7 Å². The molecule has 0 bridgehead atoms. The van der Waals surface area contributed by atoms with E-state index in [1.54, 1.807) is 13.2 Å². The Balaban J connectivity index is 1.33. The van der Waals surface area contributed by atoms with Gasteiger partial charge in [-0.25, -0.2) is 4.98 Å². The van der Waals surface area contributed by atoms with Crippen LogP contribution in [-0.4, -0.2) is 71.8 Å². The molecule has 0 spiro atoms. The van der Waals surface area contributed by atoms with Crippen molar-refractivity contribution < 1.29 is 14.3 Å². The molecule has 2 unspecified atom stereocenters. The summed E-state index contributed by atoms with van der Waals surface area (Å²) in [6.07, 6.45) is 3.54. The van der Waals surface area contributed by atoms with E-state index < -0.39 is 5.60 Å². The maximum absolute atomic E-state index is 13.3. The molecule has 2 atom stereocenters. The van der Waals surface area contributed by atoms with Crippen molar-refractivity contribution in [3.8, 4) is 5.75 Å². The summed E-state index contributed by atoms with van der Waals surface area (Å²) in [6, 6.07) is 2.83. The number of rotatable bonds is 8. The highest BCUT2D eigenvalue weighted by atomic mass is 35.5. The quantitative estimate of drug-likeness (QED) is 0.317. The van der Waals surface area contributed by atoms with Gasteiger partial charge in [-0.05, 0) is 39.3 Å². The Morgan fingerprint density at radius 3 is 3.00 bits per heavy atom. The highest BCUT2D eigenvalue weighted by molar-refractivity contribution is 6.33. The molecular weight excluding hydrogens is 472 g/mol. The molecule has 2 aromatic rings. The van der Waals surface area contributed by atoms with Gasteiger partial charge in [0.1, 0.15) is 11.4 Å². The summed E-state index contributed by atoms with van der Waals surface area (Å²) in [5.41, 5.74) is 7.19. The van der Waals surface area contributed by atoms with Crippen LogP contribution in [-0.2, 0) is 11.2 Å². The third-order valence-electron chi connectivity index (χ3n) is 6.47. The number of carbonyl (C=O) groups excluding carboxylic acids is 1. The van der Waals surface area contributed by atoms with Gasteiger partial charge in [-0.15, -0.1) is 0 Å². The Hall–Kier alpha value is -2.82. The van der Waals surface area contributed by atoms with Crippen molar-refractivity contribution in [3.63, 3.8) is 0 Å². The van der Waals surface area contributed by atoms with E-state index in [2.05, 4.69) is 25.5 Å². The lowest BCUT2D eigenvalue weighted by Gasteiger charge is -2.38. The van der Waals surface area contributed by atoms with Crippen LogP contribution in [0, 0.1) is 0 Å². The van der Waals surface area contributed by atoms with Crippen LogP contribution in [0.2, 0.25) is 5.02 Å². The largest absolute Gasteiger partial charge is 0.486 e. The third kappa shape index (κ3) is 5.88. The molecule has 0 aliphatic carbocycles. The predicted molar refractivity (Wildman–Crippen MR) is 135 cm³/mol. The number of fused-ring (bicyclic) bond motifs is 1. The zero-order chi connectivity index (χ0) is 25.2. The lowest BCUT2D eigenvalue weighted by molar-refractivity contribution is 0.00634. The molecule has 3 heterocycles. The summed E-state index contributed by atoms with van der Waals surface area (Å²) in [5.74, 6) is 0.743. The number of hydrogen-bond donors (Lipinski definition) is 4. The molecule has 1 fully saturated rings. The van der Waals surface area contributed by atoms with Gasteiger partial charge in [0.05, 0.1) is 28.4 Å². The average Bonchev–Trinajstić information content (AvgIpc) is 3.15. The Kier molecular flexibility index (Phi) is 7.53.